The molecule has 0 aliphatic carbocycles. The van der Waals surface area contributed by atoms with Crippen LogP contribution in [0.5, 0.6) is 0 Å². The Morgan fingerprint density at radius 3 is 1.89 bits per heavy atom. The molecule has 0 fully saturated rings. The third-order valence-corrected chi connectivity index (χ3v) is 2.87. The lowest BCUT2D eigenvalue weighted by atomic mass is 10.1. The van der Waals surface area contributed by atoms with E-state index in [9.17, 15) is 0 Å². The Morgan fingerprint density at radius 1 is 0.889 bits per heavy atom. The predicted molar refractivity (Wildman–Crippen MR) is 78.7 cm³/mol. The topological polar surface area (TPSA) is 29.5 Å². The minimum atomic E-state index is 0.151. The van der Waals surface area contributed by atoms with Crippen LogP contribution < -0.4 is 0 Å². The van der Waals surface area contributed by atoms with Gasteiger partial charge in [-0.1, -0.05) is 34.9 Å². The summed E-state index contributed by atoms with van der Waals surface area (Å²) < 4.78 is 5.07. The van der Waals surface area contributed by atoms with Gasteiger partial charge in [0.25, 0.3) is 0 Å². The van der Waals surface area contributed by atoms with Gasteiger partial charge in [-0.05, 0) is 46.5 Å². The van der Waals surface area contributed by atoms with Crippen molar-refractivity contribution < 1.29 is 9.84 Å². The molecule has 0 atom stereocenters. The van der Waals surface area contributed by atoms with E-state index in [1.165, 1.54) is 16.7 Å². The van der Waals surface area contributed by atoms with Gasteiger partial charge in [0.1, 0.15) is 0 Å². The van der Waals surface area contributed by atoms with Crippen molar-refractivity contribution in [1.82, 2.24) is 0 Å². The SMILES string of the molecule is COCC(C)=CCCC(C)=CCCC(C)=CCO. The molecule has 0 aliphatic rings. The normalized spacial score (nSPS) is 14.2. The second-order valence-corrected chi connectivity index (χ2v) is 4.84. The average Bonchev–Trinajstić information content (AvgIpc) is 2.29. The summed E-state index contributed by atoms with van der Waals surface area (Å²) in [7, 11) is 1.73. The number of aliphatic hydroxyl groups is 1. The van der Waals surface area contributed by atoms with Crippen molar-refractivity contribution in [2.45, 2.75) is 46.5 Å². The molecule has 0 unspecified atom stereocenters. The Bertz CT molecular complexity index is 298. The molecule has 0 aromatic heterocycles. The highest BCUT2D eigenvalue weighted by Crippen LogP contribution is 2.11. The quantitative estimate of drug-likeness (QED) is 0.628. The molecule has 0 bridgehead atoms. The van der Waals surface area contributed by atoms with E-state index in [4.69, 9.17) is 9.84 Å². The second kappa shape index (κ2) is 11.2. The molecule has 0 radical (unpaired) electrons. The maximum Gasteiger partial charge on any atom is 0.0670 e. The van der Waals surface area contributed by atoms with Crippen LogP contribution >= 0.6 is 0 Å². The summed E-state index contributed by atoms with van der Waals surface area (Å²) in [6.07, 6.45) is 10.7. The van der Waals surface area contributed by atoms with Crippen LogP contribution in [0.25, 0.3) is 0 Å². The molecule has 0 rings (SSSR count). The van der Waals surface area contributed by atoms with E-state index in [1.54, 1.807) is 7.11 Å². The average molecular weight is 252 g/mol. The van der Waals surface area contributed by atoms with Crippen LogP contribution in [0.2, 0.25) is 0 Å². The van der Waals surface area contributed by atoms with Crippen molar-refractivity contribution in [3.63, 3.8) is 0 Å². The summed E-state index contributed by atoms with van der Waals surface area (Å²) in [4.78, 5) is 0. The van der Waals surface area contributed by atoms with Crippen LogP contribution in [0.1, 0.15) is 46.5 Å². The maximum atomic E-state index is 8.75. The first kappa shape index (κ1) is 17.1. The molecule has 0 aromatic rings. The third-order valence-electron chi connectivity index (χ3n) is 2.87. The molecule has 0 aliphatic heterocycles. The van der Waals surface area contributed by atoms with Gasteiger partial charge in [0.2, 0.25) is 0 Å². The van der Waals surface area contributed by atoms with Crippen molar-refractivity contribution in [3.05, 3.63) is 34.9 Å². The highest BCUT2D eigenvalue weighted by molar-refractivity contribution is 5.06. The van der Waals surface area contributed by atoms with Gasteiger partial charge in [-0.25, -0.2) is 0 Å². The summed E-state index contributed by atoms with van der Waals surface area (Å²) in [6, 6.07) is 0. The van der Waals surface area contributed by atoms with Gasteiger partial charge < -0.3 is 9.84 Å². The van der Waals surface area contributed by atoms with Crippen LogP contribution in [0, 0.1) is 0 Å². The van der Waals surface area contributed by atoms with E-state index in [2.05, 4.69) is 32.9 Å². The number of allylic oxidation sites excluding steroid dienone is 4. The highest BCUT2D eigenvalue weighted by atomic mass is 16.5. The molecule has 0 spiro atoms. The van der Waals surface area contributed by atoms with Crippen LogP contribution in [-0.2, 0) is 4.74 Å². The van der Waals surface area contributed by atoms with E-state index >= 15 is 0 Å². The zero-order valence-corrected chi connectivity index (χ0v) is 12.3. The van der Waals surface area contributed by atoms with E-state index in [0.717, 1.165) is 32.3 Å². The van der Waals surface area contributed by atoms with Gasteiger partial charge in [0.15, 0.2) is 0 Å². The van der Waals surface area contributed by atoms with Gasteiger partial charge >= 0.3 is 0 Å². The summed E-state index contributed by atoms with van der Waals surface area (Å²) in [5.41, 5.74) is 4.00. The fourth-order valence-corrected chi connectivity index (χ4v) is 1.74. The van der Waals surface area contributed by atoms with Gasteiger partial charge in [0.05, 0.1) is 13.2 Å². The number of hydrogen-bond donors (Lipinski definition) is 1. The summed E-state index contributed by atoms with van der Waals surface area (Å²) in [5, 5.41) is 8.75. The first-order chi connectivity index (χ1) is 8.60. The van der Waals surface area contributed by atoms with Crippen LogP contribution in [0.15, 0.2) is 34.9 Å². The van der Waals surface area contributed by atoms with Crippen molar-refractivity contribution >= 4 is 0 Å². The molecule has 0 saturated heterocycles. The zero-order chi connectivity index (χ0) is 13.8. The smallest absolute Gasteiger partial charge is 0.0670 e. The summed E-state index contributed by atoms with van der Waals surface area (Å²) in [6.45, 7) is 7.23. The molecule has 0 aromatic carbocycles. The molecule has 2 heteroatoms. The van der Waals surface area contributed by atoms with Crippen molar-refractivity contribution in [3.8, 4) is 0 Å². The Balaban J connectivity index is 3.85. The van der Waals surface area contributed by atoms with Crippen LogP contribution in [0.4, 0.5) is 0 Å². The van der Waals surface area contributed by atoms with E-state index in [1.807, 2.05) is 6.08 Å². The standard InChI is InChI=1S/C16H28O2/c1-14(7-5-9-15(2)11-12-17)8-6-10-16(3)13-18-4/h7,10-11,17H,5-6,8-9,12-13H2,1-4H3. The van der Waals surface area contributed by atoms with Crippen LogP contribution in [-0.4, -0.2) is 25.4 Å². The first-order valence-electron chi connectivity index (χ1n) is 6.66. The minimum absolute atomic E-state index is 0.151. The number of hydrogen-bond acceptors (Lipinski definition) is 2. The molecule has 0 heterocycles. The van der Waals surface area contributed by atoms with Gasteiger partial charge in [0, 0.05) is 7.11 Å². The number of rotatable bonds is 9. The Hall–Kier alpha value is -0.860. The fourth-order valence-electron chi connectivity index (χ4n) is 1.74. The monoisotopic (exact) mass is 252 g/mol. The number of aliphatic hydroxyl groups excluding tert-OH is 1. The fraction of sp³-hybridized carbons (Fsp3) is 0.625. The molecule has 18 heavy (non-hydrogen) atoms. The van der Waals surface area contributed by atoms with E-state index in [-0.39, 0.29) is 6.61 Å². The Morgan fingerprint density at radius 2 is 1.39 bits per heavy atom. The molecule has 0 saturated carbocycles. The number of methoxy groups -OCH3 is 1. The van der Waals surface area contributed by atoms with Crippen molar-refractivity contribution in [1.29, 1.82) is 0 Å². The Labute approximate surface area is 112 Å². The van der Waals surface area contributed by atoms with Crippen molar-refractivity contribution in [2.24, 2.45) is 0 Å². The Kier molecular flexibility index (Phi) is 10.7. The summed E-state index contributed by atoms with van der Waals surface area (Å²) in [5.74, 6) is 0. The first-order valence-corrected chi connectivity index (χ1v) is 6.66. The van der Waals surface area contributed by atoms with Crippen LogP contribution in [0.3, 0.4) is 0 Å². The molecule has 104 valence electrons. The molecule has 1 N–H and O–H groups in total. The lowest BCUT2D eigenvalue weighted by molar-refractivity contribution is 0.225. The largest absolute Gasteiger partial charge is 0.392 e. The van der Waals surface area contributed by atoms with E-state index in [0.29, 0.717) is 0 Å². The predicted octanol–water partition coefficient (Wildman–Crippen LogP) is 4.02. The third kappa shape index (κ3) is 10.3. The molecule has 2 nitrogen and oxygen atoms in total. The molecule has 0 amide bonds. The van der Waals surface area contributed by atoms with Crippen molar-refractivity contribution in [2.75, 3.05) is 20.3 Å². The van der Waals surface area contributed by atoms with Gasteiger partial charge in [-0.3, -0.25) is 0 Å². The molecular formula is C16H28O2. The van der Waals surface area contributed by atoms with Gasteiger partial charge in [-0.2, -0.15) is 0 Å². The maximum absolute atomic E-state index is 8.75. The van der Waals surface area contributed by atoms with E-state index < -0.39 is 0 Å². The second-order valence-electron chi connectivity index (χ2n) is 4.84. The molecular weight excluding hydrogens is 224 g/mol. The highest BCUT2D eigenvalue weighted by Gasteiger charge is 1.92. The number of ether oxygens (including phenoxy) is 1. The van der Waals surface area contributed by atoms with Gasteiger partial charge in [-0.15, -0.1) is 0 Å². The lowest BCUT2D eigenvalue weighted by Gasteiger charge is -2.02. The minimum Gasteiger partial charge on any atom is -0.392 e. The zero-order valence-electron chi connectivity index (χ0n) is 12.3. The lowest BCUT2D eigenvalue weighted by Crippen LogP contribution is -1.89. The summed E-state index contributed by atoms with van der Waals surface area (Å²) >= 11 is 0.